The molecule has 1 aromatic carbocycles. The average Bonchev–Trinajstić information content (AvgIpc) is 3.02. The first-order chi connectivity index (χ1) is 12.5. The lowest BCUT2D eigenvalue weighted by molar-refractivity contribution is 0.0845. The number of benzene rings is 1. The molecule has 0 fully saturated rings. The van der Waals surface area contributed by atoms with Gasteiger partial charge in [0.25, 0.3) is 11.8 Å². The monoisotopic (exact) mass is 370 g/mol. The second kappa shape index (κ2) is 7.83. The molecule has 2 aromatic heterocycles. The minimum absolute atomic E-state index is 0.200. The van der Waals surface area contributed by atoms with Crippen LogP contribution in [0.15, 0.2) is 48.7 Å². The molecule has 0 saturated heterocycles. The van der Waals surface area contributed by atoms with Crippen molar-refractivity contribution in [3.05, 3.63) is 81.3 Å². The molecule has 0 spiro atoms. The Hall–Kier alpha value is -3.13. The Morgan fingerprint density at radius 1 is 1.08 bits per heavy atom. The minimum Gasteiger partial charge on any atom is -0.266 e. The van der Waals surface area contributed by atoms with Crippen molar-refractivity contribution >= 4 is 23.2 Å². The molecule has 2 N–H and O–H groups in total. The number of halogens is 1. The summed E-state index contributed by atoms with van der Waals surface area (Å²) < 4.78 is 13.0. The van der Waals surface area contributed by atoms with E-state index in [1.807, 2.05) is 0 Å². The normalized spacial score (nSPS) is 10.4. The maximum absolute atomic E-state index is 13.0. The number of carbonyl (C=O) groups excluding carboxylic acids is 2. The number of hydrazine groups is 1. The van der Waals surface area contributed by atoms with Gasteiger partial charge in [0.05, 0.1) is 10.7 Å². The number of amides is 2. The van der Waals surface area contributed by atoms with Crippen LogP contribution >= 0.6 is 11.3 Å². The van der Waals surface area contributed by atoms with Crippen molar-refractivity contribution in [3.8, 4) is 0 Å². The topological polar surface area (TPSA) is 84.0 Å². The molecule has 0 aliphatic rings. The van der Waals surface area contributed by atoms with Crippen molar-refractivity contribution in [2.45, 2.75) is 13.3 Å². The molecule has 0 radical (unpaired) electrons. The summed E-state index contributed by atoms with van der Waals surface area (Å²) >= 11 is 1.23. The van der Waals surface area contributed by atoms with Crippen molar-refractivity contribution < 1.29 is 14.0 Å². The van der Waals surface area contributed by atoms with Crippen LogP contribution in [-0.4, -0.2) is 21.8 Å². The van der Waals surface area contributed by atoms with Crippen LogP contribution in [0.5, 0.6) is 0 Å². The van der Waals surface area contributed by atoms with Crippen LogP contribution in [0.4, 0.5) is 4.39 Å². The molecule has 0 atom stereocenters. The molecule has 132 valence electrons. The second-order valence-electron chi connectivity index (χ2n) is 5.45. The maximum Gasteiger partial charge on any atom is 0.288 e. The van der Waals surface area contributed by atoms with E-state index in [0.29, 0.717) is 17.0 Å². The van der Waals surface area contributed by atoms with Gasteiger partial charge in [0.1, 0.15) is 16.4 Å². The van der Waals surface area contributed by atoms with Crippen molar-refractivity contribution in [1.29, 1.82) is 0 Å². The molecule has 26 heavy (non-hydrogen) atoms. The zero-order valence-electron chi connectivity index (χ0n) is 13.8. The molecular formula is C18H15FN4O2S. The van der Waals surface area contributed by atoms with Crippen molar-refractivity contribution in [2.24, 2.45) is 0 Å². The molecule has 0 bridgehead atoms. The maximum atomic E-state index is 13.0. The fourth-order valence-corrected chi connectivity index (χ4v) is 3.24. The molecule has 2 amide bonds. The zero-order valence-corrected chi connectivity index (χ0v) is 14.6. The number of nitrogens with one attached hydrogen (secondary N) is 2. The van der Waals surface area contributed by atoms with Crippen molar-refractivity contribution in [2.75, 3.05) is 0 Å². The third-order valence-electron chi connectivity index (χ3n) is 3.50. The Labute approximate surface area is 153 Å². The van der Waals surface area contributed by atoms with E-state index in [-0.39, 0.29) is 11.5 Å². The number of nitrogens with zero attached hydrogens (tertiary/aromatic N) is 2. The molecule has 0 aliphatic carbocycles. The van der Waals surface area contributed by atoms with Gasteiger partial charge in [0.15, 0.2) is 0 Å². The van der Waals surface area contributed by atoms with E-state index in [4.69, 9.17) is 0 Å². The minimum atomic E-state index is -0.507. The van der Waals surface area contributed by atoms with Crippen LogP contribution in [0.2, 0.25) is 0 Å². The molecule has 3 rings (SSSR count). The number of hydrogen-bond donors (Lipinski definition) is 2. The molecule has 0 saturated carbocycles. The van der Waals surface area contributed by atoms with Crippen LogP contribution in [0.25, 0.3) is 0 Å². The lowest BCUT2D eigenvalue weighted by Crippen LogP contribution is -2.41. The van der Waals surface area contributed by atoms with E-state index in [1.165, 1.54) is 29.7 Å². The fraction of sp³-hybridized carbons (Fsp3) is 0.111. The molecule has 3 aromatic rings. The molecule has 6 nitrogen and oxygen atoms in total. The summed E-state index contributed by atoms with van der Waals surface area (Å²) in [5.74, 6) is -1.25. The standard InChI is InChI=1S/C18H15FN4O2S/c1-11-16(18(25)23-22-17(24)14-4-2-3-9-20-14)26-15(21-11)10-12-5-7-13(19)8-6-12/h2-9H,10H2,1H3,(H,22,24)(H,23,25). The predicted octanol–water partition coefficient (Wildman–Crippen LogP) is 2.65. The summed E-state index contributed by atoms with van der Waals surface area (Å²) in [4.78, 5) is 32.9. The van der Waals surface area contributed by atoms with Gasteiger partial charge >= 0.3 is 0 Å². The van der Waals surface area contributed by atoms with Gasteiger partial charge in [-0.3, -0.25) is 25.4 Å². The molecular weight excluding hydrogens is 355 g/mol. The van der Waals surface area contributed by atoms with E-state index in [1.54, 1.807) is 37.3 Å². The quantitative estimate of drug-likeness (QED) is 0.692. The largest absolute Gasteiger partial charge is 0.288 e. The Balaban J connectivity index is 1.63. The smallest absolute Gasteiger partial charge is 0.266 e. The van der Waals surface area contributed by atoms with Gasteiger partial charge in [0.2, 0.25) is 0 Å². The Kier molecular flexibility index (Phi) is 5.33. The van der Waals surface area contributed by atoms with E-state index in [0.717, 1.165) is 10.6 Å². The van der Waals surface area contributed by atoms with Crippen LogP contribution in [-0.2, 0) is 6.42 Å². The van der Waals surface area contributed by atoms with Gasteiger partial charge in [0, 0.05) is 12.6 Å². The molecule has 0 unspecified atom stereocenters. The highest BCUT2D eigenvalue weighted by Gasteiger charge is 2.16. The lowest BCUT2D eigenvalue weighted by Gasteiger charge is -2.05. The van der Waals surface area contributed by atoms with Gasteiger partial charge in [-0.25, -0.2) is 9.37 Å². The number of aromatic nitrogens is 2. The Bertz CT molecular complexity index is 926. The number of aryl methyl sites for hydroxylation is 1. The second-order valence-corrected chi connectivity index (χ2v) is 6.53. The summed E-state index contributed by atoms with van der Waals surface area (Å²) in [6.45, 7) is 1.72. The zero-order chi connectivity index (χ0) is 18.5. The van der Waals surface area contributed by atoms with Gasteiger partial charge in [-0.2, -0.15) is 0 Å². The van der Waals surface area contributed by atoms with E-state index < -0.39 is 11.8 Å². The van der Waals surface area contributed by atoms with Gasteiger partial charge in [-0.1, -0.05) is 18.2 Å². The lowest BCUT2D eigenvalue weighted by atomic mass is 10.1. The summed E-state index contributed by atoms with van der Waals surface area (Å²) in [5, 5.41) is 0.732. The van der Waals surface area contributed by atoms with E-state index in [2.05, 4.69) is 20.8 Å². The number of carbonyl (C=O) groups is 2. The molecule has 0 aliphatic heterocycles. The van der Waals surface area contributed by atoms with Crippen LogP contribution < -0.4 is 10.9 Å². The fourth-order valence-electron chi connectivity index (χ4n) is 2.25. The number of rotatable bonds is 4. The Morgan fingerprint density at radius 3 is 2.50 bits per heavy atom. The third-order valence-corrected chi connectivity index (χ3v) is 4.66. The highest BCUT2D eigenvalue weighted by molar-refractivity contribution is 7.13. The van der Waals surface area contributed by atoms with Gasteiger partial charge in [-0.05, 0) is 36.8 Å². The number of thiazole rings is 1. The van der Waals surface area contributed by atoms with E-state index >= 15 is 0 Å². The summed E-state index contributed by atoms with van der Waals surface area (Å²) in [6.07, 6.45) is 1.99. The summed E-state index contributed by atoms with van der Waals surface area (Å²) in [7, 11) is 0. The average molecular weight is 370 g/mol. The SMILES string of the molecule is Cc1nc(Cc2ccc(F)cc2)sc1C(=O)NNC(=O)c1ccccn1. The number of hydrogen-bond acceptors (Lipinski definition) is 5. The highest BCUT2D eigenvalue weighted by Crippen LogP contribution is 2.21. The molecule has 8 heteroatoms. The number of pyridine rings is 1. The van der Waals surface area contributed by atoms with Gasteiger partial charge in [-0.15, -0.1) is 11.3 Å². The highest BCUT2D eigenvalue weighted by atomic mass is 32.1. The Morgan fingerprint density at radius 2 is 1.81 bits per heavy atom. The first kappa shape index (κ1) is 17.7. The van der Waals surface area contributed by atoms with E-state index in [9.17, 15) is 14.0 Å². The van der Waals surface area contributed by atoms with Crippen LogP contribution in [0.3, 0.4) is 0 Å². The van der Waals surface area contributed by atoms with Crippen LogP contribution in [0, 0.1) is 12.7 Å². The first-order valence-corrected chi connectivity index (χ1v) is 8.57. The predicted molar refractivity (Wildman–Crippen MR) is 95.2 cm³/mol. The summed E-state index contributed by atoms with van der Waals surface area (Å²) in [6, 6.07) is 11.0. The van der Waals surface area contributed by atoms with Crippen molar-refractivity contribution in [1.82, 2.24) is 20.8 Å². The van der Waals surface area contributed by atoms with Crippen molar-refractivity contribution in [3.63, 3.8) is 0 Å². The van der Waals surface area contributed by atoms with Gasteiger partial charge < -0.3 is 0 Å². The summed E-state index contributed by atoms with van der Waals surface area (Å²) in [5.41, 5.74) is 6.36. The van der Waals surface area contributed by atoms with Crippen LogP contribution in [0.1, 0.15) is 36.4 Å². The molecule has 2 heterocycles. The third kappa shape index (κ3) is 4.28. The first-order valence-electron chi connectivity index (χ1n) is 7.75.